The number of urea groups is 1. The van der Waals surface area contributed by atoms with Gasteiger partial charge < -0.3 is 16.0 Å². The smallest absolute Gasteiger partial charge is 0.323 e. The number of halogens is 1. The Labute approximate surface area is 255 Å². The number of Topliss-reactive ketones (excluding diaryl/α,β-unsaturated/α-hetero) is 1. The number of amides is 3. The summed E-state index contributed by atoms with van der Waals surface area (Å²) in [4.78, 5) is 43.5. The normalized spacial score (nSPS) is 20.3. The number of hydrogen-bond donors (Lipinski definition) is 2. The van der Waals surface area contributed by atoms with Crippen molar-refractivity contribution >= 4 is 40.8 Å². The third-order valence-corrected chi connectivity index (χ3v) is 8.74. The summed E-state index contributed by atoms with van der Waals surface area (Å²) in [5, 5.41) is 4.62. The lowest BCUT2D eigenvalue weighted by molar-refractivity contribution is -0.122. The van der Waals surface area contributed by atoms with E-state index in [0.29, 0.717) is 10.6 Å². The Morgan fingerprint density at radius 2 is 1.58 bits per heavy atom. The highest BCUT2D eigenvalue weighted by Crippen LogP contribution is 2.46. The molecule has 5 rings (SSSR count). The van der Waals surface area contributed by atoms with Gasteiger partial charge in [0.05, 0.1) is 16.8 Å². The minimum absolute atomic E-state index is 0.106. The second-order valence-corrected chi connectivity index (χ2v) is 12.7. The number of nitrogens with two attached hydrogens (primary N) is 1. The predicted octanol–water partition coefficient (Wildman–Crippen LogP) is 7.25. The first kappa shape index (κ1) is 29.9. The molecule has 0 radical (unpaired) electrons. The van der Waals surface area contributed by atoms with Crippen LogP contribution in [0, 0.1) is 11.7 Å². The average Bonchev–Trinajstić information content (AvgIpc) is 3.64. The van der Waals surface area contributed by atoms with E-state index in [1.165, 1.54) is 40.5 Å². The molecule has 4 aromatic rings. The van der Waals surface area contributed by atoms with Crippen molar-refractivity contribution in [2.75, 3.05) is 5.32 Å². The monoisotopic (exact) mass is 595 g/mol. The van der Waals surface area contributed by atoms with E-state index in [0.717, 1.165) is 16.7 Å². The van der Waals surface area contributed by atoms with Gasteiger partial charge in [0.15, 0.2) is 5.78 Å². The first-order valence-electron chi connectivity index (χ1n) is 14.1. The summed E-state index contributed by atoms with van der Waals surface area (Å²) < 4.78 is 13.6. The molecule has 3 amide bonds. The summed E-state index contributed by atoms with van der Waals surface area (Å²) >= 11 is 1.32. The number of benzene rings is 3. The van der Waals surface area contributed by atoms with Crippen molar-refractivity contribution in [1.82, 2.24) is 4.90 Å². The highest BCUT2D eigenvalue weighted by Gasteiger charge is 2.56. The number of carbonyl (C=O) groups excluding carboxylic acids is 3. The molecular formula is C35H34FN3O3S. The molecule has 0 saturated carbocycles. The van der Waals surface area contributed by atoms with Gasteiger partial charge in [0, 0.05) is 11.6 Å². The maximum atomic E-state index is 14.3. The molecule has 3 N–H and O–H groups in total. The molecule has 1 aliphatic rings. The molecule has 3 aromatic carbocycles. The van der Waals surface area contributed by atoms with Crippen LogP contribution in [0.3, 0.4) is 0 Å². The average molecular weight is 596 g/mol. The molecular weight excluding hydrogens is 561 g/mol. The molecule has 8 heteroatoms. The molecule has 0 bridgehead atoms. The summed E-state index contributed by atoms with van der Waals surface area (Å²) in [5.74, 6) is -2.87. The number of nitrogens with zero attached hydrogens (tertiary/aromatic N) is 1. The Balaban J connectivity index is 1.67. The fourth-order valence-corrected chi connectivity index (χ4v) is 6.43. The molecule has 43 heavy (non-hydrogen) atoms. The number of rotatable bonds is 7. The molecule has 0 aliphatic carbocycles. The van der Waals surface area contributed by atoms with E-state index >= 15 is 0 Å². The van der Waals surface area contributed by atoms with Gasteiger partial charge in [-0.15, -0.1) is 11.3 Å². The van der Waals surface area contributed by atoms with Crippen molar-refractivity contribution in [2.45, 2.75) is 44.2 Å². The number of carbonyl (C=O) groups is 3. The highest BCUT2D eigenvalue weighted by molar-refractivity contribution is 7.12. The van der Waals surface area contributed by atoms with E-state index in [9.17, 15) is 18.8 Å². The summed E-state index contributed by atoms with van der Waals surface area (Å²) in [6, 6.07) is 23.7. The molecule has 1 aromatic heterocycles. The largest absolute Gasteiger partial charge is 0.368 e. The zero-order chi connectivity index (χ0) is 30.7. The highest BCUT2D eigenvalue weighted by atomic mass is 32.1. The predicted molar refractivity (Wildman–Crippen MR) is 170 cm³/mol. The lowest BCUT2D eigenvalue weighted by Gasteiger charge is -2.29. The van der Waals surface area contributed by atoms with Crippen LogP contribution in [0.2, 0.25) is 0 Å². The molecule has 4 atom stereocenters. The van der Waals surface area contributed by atoms with Gasteiger partial charge in [0.25, 0.3) is 0 Å². The van der Waals surface area contributed by atoms with Gasteiger partial charge in [-0.2, -0.15) is 0 Å². The number of anilines is 1. The number of likely N-dealkylation sites (tertiary alicyclic amines) is 1. The van der Waals surface area contributed by atoms with E-state index in [2.05, 4.69) is 26.1 Å². The number of thiophene rings is 1. The van der Waals surface area contributed by atoms with Crippen LogP contribution in [-0.2, 0) is 10.2 Å². The Morgan fingerprint density at radius 1 is 0.907 bits per heavy atom. The van der Waals surface area contributed by atoms with Crippen molar-refractivity contribution in [3.63, 3.8) is 0 Å². The Morgan fingerprint density at radius 3 is 2.16 bits per heavy atom. The van der Waals surface area contributed by atoms with Crippen LogP contribution in [0.5, 0.6) is 0 Å². The SMILES string of the molecule is CC(C)(C)c1ccc(C2C(C(=O)c3cccs3)C(C=Cc3ccccc3)N(C(=O)Nc3ccc(F)cc3)C2C(N)=O)cc1. The van der Waals surface area contributed by atoms with Crippen LogP contribution in [0.25, 0.3) is 6.08 Å². The fourth-order valence-electron chi connectivity index (χ4n) is 5.72. The number of hydrogen-bond acceptors (Lipinski definition) is 4. The van der Waals surface area contributed by atoms with Gasteiger partial charge in [-0.3, -0.25) is 9.59 Å². The van der Waals surface area contributed by atoms with Crippen molar-refractivity contribution in [3.05, 3.63) is 130 Å². The van der Waals surface area contributed by atoms with Gasteiger partial charge in [0.1, 0.15) is 11.9 Å². The summed E-state index contributed by atoms with van der Waals surface area (Å²) in [6.45, 7) is 6.33. The Hall–Kier alpha value is -4.56. The van der Waals surface area contributed by atoms with Crippen LogP contribution in [0.1, 0.15) is 53.1 Å². The topological polar surface area (TPSA) is 92.5 Å². The molecule has 1 fully saturated rings. The van der Waals surface area contributed by atoms with Crippen LogP contribution < -0.4 is 11.1 Å². The van der Waals surface area contributed by atoms with E-state index in [4.69, 9.17) is 5.73 Å². The van der Waals surface area contributed by atoms with E-state index < -0.39 is 41.7 Å². The summed E-state index contributed by atoms with van der Waals surface area (Å²) in [5.41, 5.74) is 9.02. The first-order chi connectivity index (χ1) is 20.5. The van der Waals surface area contributed by atoms with Crippen LogP contribution in [0.4, 0.5) is 14.9 Å². The van der Waals surface area contributed by atoms with Gasteiger partial charge in [0.2, 0.25) is 5.91 Å². The van der Waals surface area contributed by atoms with Gasteiger partial charge in [-0.05, 0) is 57.8 Å². The molecule has 4 unspecified atom stereocenters. The van der Waals surface area contributed by atoms with Crippen LogP contribution in [0.15, 0.2) is 102 Å². The van der Waals surface area contributed by atoms with Crippen molar-refractivity contribution < 1.29 is 18.8 Å². The summed E-state index contributed by atoms with van der Waals surface area (Å²) in [7, 11) is 0. The maximum Gasteiger partial charge on any atom is 0.323 e. The Kier molecular flexibility index (Phi) is 8.59. The van der Waals surface area contributed by atoms with E-state index in [1.54, 1.807) is 18.2 Å². The minimum atomic E-state index is -1.14. The van der Waals surface area contributed by atoms with Gasteiger partial charge >= 0.3 is 6.03 Å². The standard InChI is InChI=1S/C35H34FN3O3S/c1-35(2,3)24-14-12-23(13-15-24)29-30(32(40)28-10-7-21-43-28)27(20-11-22-8-5-4-6-9-22)39(31(29)33(37)41)34(42)38-26-18-16-25(36)17-19-26/h4-21,27,29-31H,1-3H3,(H2,37,41)(H,38,42). The first-order valence-corrected chi connectivity index (χ1v) is 15.0. The molecule has 0 spiro atoms. The summed E-state index contributed by atoms with van der Waals surface area (Å²) in [6.07, 6.45) is 3.65. The zero-order valence-electron chi connectivity index (χ0n) is 24.2. The third-order valence-electron chi connectivity index (χ3n) is 7.85. The second kappa shape index (κ2) is 12.4. The lowest BCUT2D eigenvalue weighted by Crippen LogP contribution is -2.50. The van der Waals surface area contributed by atoms with Crippen molar-refractivity contribution in [3.8, 4) is 0 Å². The number of ketones is 1. The number of nitrogens with one attached hydrogen (secondary N) is 1. The fraction of sp³-hybridized carbons (Fsp3) is 0.229. The van der Waals surface area contributed by atoms with E-state index in [1.807, 2.05) is 66.1 Å². The lowest BCUT2D eigenvalue weighted by atomic mass is 9.77. The van der Waals surface area contributed by atoms with E-state index in [-0.39, 0.29) is 11.2 Å². The second-order valence-electron chi connectivity index (χ2n) is 11.7. The molecule has 6 nitrogen and oxygen atoms in total. The Bertz CT molecular complexity index is 1610. The molecule has 220 valence electrons. The molecule has 1 saturated heterocycles. The van der Waals surface area contributed by atoms with Crippen molar-refractivity contribution in [2.24, 2.45) is 11.7 Å². The quantitative estimate of drug-likeness (QED) is 0.221. The van der Waals surface area contributed by atoms with Crippen LogP contribution in [-0.4, -0.2) is 34.7 Å². The maximum absolute atomic E-state index is 14.3. The van der Waals surface area contributed by atoms with Crippen molar-refractivity contribution in [1.29, 1.82) is 0 Å². The molecule has 1 aliphatic heterocycles. The molecule has 2 heterocycles. The van der Waals surface area contributed by atoms with Gasteiger partial charge in [-0.25, -0.2) is 9.18 Å². The van der Waals surface area contributed by atoms with Crippen LogP contribution >= 0.6 is 11.3 Å². The number of primary amides is 1. The van der Waals surface area contributed by atoms with Gasteiger partial charge in [-0.1, -0.05) is 93.6 Å². The third kappa shape index (κ3) is 6.44. The zero-order valence-corrected chi connectivity index (χ0v) is 25.1. The minimum Gasteiger partial charge on any atom is -0.368 e.